The first-order valence-electron chi connectivity index (χ1n) is 5.24. The second-order valence-electron chi connectivity index (χ2n) is 3.71. The molecule has 1 atom stereocenters. The van der Waals surface area contributed by atoms with Gasteiger partial charge in [-0.25, -0.2) is 13.1 Å². The highest BCUT2D eigenvalue weighted by Crippen LogP contribution is 2.16. The number of methoxy groups -OCH3 is 2. The van der Waals surface area contributed by atoms with Gasteiger partial charge in [0.25, 0.3) is 0 Å². The summed E-state index contributed by atoms with van der Waals surface area (Å²) in [4.78, 5) is 0.104. The zero-order valence-electron chi connectivity index (χ0n) is 10.4. The first kappa shape index (κ1) is 15.4. The van der Waals surface area contributed by atoms with Crippen LogP contribution in [-0.4, -0.2) is 35.0 Å². The summed E-state index contributed by atoms with van der Waals surface area (Å²) < 4.78 is 36.5. The molecule has 5 nitrogen and oxygen atoms in total. The minimum Gasteiger partial charge on any atom is -0.354 e. The number of halogens is 1. The van der Waals surface area contributed by atoms with Crippen molar-refractivity contribution in [3.8, 4) is 0 Å². The Labute approximate surface area is 112 Å². The van der Waals surface area contributed by atoms with Gasteiger partial charge in [-0.2, -0.15) is 0 Å². The molecule has 0 bridgehead atoms. The first-order valence-corrected chi connectivity index (χ1v) is 7.10. The molecule has 0 heterocycles. The van der Waals surface area contributed by atoms with Crippen LogP contribution in [0.2, 0.25) is 5.02 Å². The molecule has 1 aromatic rings. The summed E-state index contributed by atoms with van der Waals surface area (Å²) in [5, 5.41) is 0.362. The third-order valence-electron chi connectivity index (χ3n) is 2.32. The molecule has 0 saturated heterocycles. The second-order valence-corrected chi connectivity index (χ2v) is 5.86. The number of nitrogens with one attached hydrogen (secondary N) is 1. The molecule has 7 heteroatoms. The van der Waals surface area contributed by atoms with Crippen molar-refractivity contribution in [2.45, 2.75) is 24.2 Å². The maximum Gasteiger partial charge on any atom is 0.241 e. The van der Waals surface area contributed by atoms with E-state index >= 15 is 0 Å². The maximum atomic E-state index is 12.1. The number of ether oxygens (including phenoxy) is 2. The third-order valence-corrected chi connectivity index (χ3v) is 4.11. The van der Waals surface area contributed by atoms with E-state index in [2.05, 4.69) is 4.72 Å². The van der Waals surface area contributed by atoms with Crippen LogP contribution >= 0.6 is 11.6 Å². The van der Waals surface area contributed by atoms with E-state index < -0.39 is 22.4 Å². The van der Waals surface area contributed by atoms with Crippen molar-refractivity contribution in [1.29, 1.82) is 0 Å². The van der Waals surface area contributed by atoms with E-state index in [0.29, 0.717) is 5.02 Å². The molecule has 1 N–H and O–H groups in total. The molecule has 1 unspecified atom stereocenters. The fraction of sp³-hybridized carbons (Fsp3) is 0.455. The van der Waals surface area contributed by atoms with E-state index in [9.17, 15) is 8.42 Å². The lowest BCUT2D eigenvalue weighted by Crippen LogP contribution is -2.42. The lowest BCUT2D eigenvalue weighted by atomic mass is 10.3. The lowest BCUT2D eigenvalue weighted by Gasteiger charge is -2.22. The van der Waals surface area contributed by atoms with Gasteiger partial charge < -0.3 is 9.47 Å². The van der Waals surface area contributed by atoms with Crippen LogP contribution in [0.5, 0.6) is 0 Å². The SMILES string of the molecule is COC(OC)C(C)NS(=O)(=O)c1cccc(Cl)c1. The molecule has 1 aromatic carbocycles. The van der Waals surface area contributed by atoms with Crippen LogP contribution in [0.3, 0.4) is 0 Å². The number of hydrogen-bond acceptors (Lipinski definition) is 4. The van der Waals surface area contributed by atoms with Gasteiger partial charge in [-0.15, -0.1) is 0 Å². The average molecular weight is 294 g/mol. The minimum atomic E-state index is -3.64. The normalized spacial score (nSPS) is 13.8. The van der Waals surface area contributed by atoms with E-state index in [4.69, 9.17) is 21.1 Å². The standard InChI is InChI=1S/C11H16ClNO4S/c1-8(11(16-2)17-3)13-18(14,15)10-6-4-5-9(12)7-10/h4-8,11,13H,1-3H3. The van der Waals surface area contributed by atoms with Crippen LogP contribution in [-0.2, 0) is 19.5 Å². The van der Waals surface area contributed by atoms with Gasteiger partial charge in [0, 0.05) is 19.2 Å². The fourth-order valence-electron chi connectivity index (χ4n) is 1.51. The van der Waals surface area contributed by atoms with Crippen molar-refractivity contribution in [3.63, 3.8) is 0 Å². The second kappa shape index (κ2) is 6.49. The first-order chi connectivity index (χ1) is 8.40. The molecule has 0 fully saturated rings. The van der Waals surface area contributed by atoms with Crippen LogP contribution in [0.1, 0.15) is 6.92 Å². The Balaban J connectivity index is 2.89. The van der Waals surface area contributed by atoms with E-state index in [1.165, 1.54) is 26.4 Å². The molecule has 102 valence electrons. The zero-order chi connectivity index (χ0) is 13.8. The Morgan fingerprint density at radius 1 is 1.28 bits per heavy atom. The summed E-state index contributed by atoms with van der Waals surface area (Å²) >= 11 is 5.76. The van der Waals surface area contributed by atoms with Crippen LogP contribution in [0, 0.1) is 0 Å². The largest absolute Gasteiger partial charge is 0.354 e. The number of rotatable bonds is 6. The fourth-order valence-corrected chi connectivity index (χ4v) is 3.04. The Morgan fingerprint density at radius 3 is 2.39 bits per heavy atom. The molecule has 0 saturated carbocycles. The van der Waals surface area contributed by atoms with Crippen molar-refractivity contribution >= 4 is 21.6 Å². The van der Waals surface area contributed by atoms with Crippen LogP contribution in [0.4, 0.5) is 0 Å². The molecule has 0 amide bonds. The zero-order valence-corrected chi connectivity index (χ0v) is 12.0. The molecule has 0 aliphatic heterocycles. The van der Waals surface area contributed by atoms with Gasteiger partial charge in [-0.3, -0.25) is 0 Å². The van der Waals surface area contributed by atoms with Crippen LogP contribution < -0.4 is 4.72 Å². The van der Waals surface area contributed by atoms with Gasteiger partial charge in [-0.05, 0) is 25.1 Å². The molecular weight excluding hydrogens is 278 g/mol. The molecule has 0 radical (unpaired) electrons. The molecule has 0 aliphatic carbocycles. The maximum absolute atomic E-state index is 12.1. The molecule has 0 aliphatic rings. The molecule has 18 heavy (non-hydrogen) atoms. The van der Waals surface area contributed by atoms with Gasteiger partial charge in [0.05, 0.1) is 10.9 Å². The van der Waals surface area contributed by atoms with Crippen molar-refractivity contribution in [2.75, 3.05) is 14.2 Å². The molecule has 0 aromatic heterocycles. The Hall–Kier alpha value is -0.660. The smallest absolute Gasteiger partial charge is 0.241 e. The Bertz CT molecular complexity index is 488. The summed E-state index contributed by atoms with van der Waals surface area (Å²) in [5.41, 5.74) is 0. The highest BCUT2D eigenvalue weighted by molar-refractivity contribution is 7.89. The highest BCUT2D eigenvalue weighted by Gasteiger charge is 2.23. The highest BCUT2D eigenvalue weighted by atomic mass is 35.5. The van der Waals surface area contributed by atoms with Gasteiger partial charge in [0.15, 0.2) is 6.29 Å². The average Bonchev–Trinajstić information content (AvgIpc) is 2.30. The van der Waals surface area contributed by atoms with Gasteiger partial charge >= 0.3 is 0 Å². The quantitative estimate of drug-likeness (QED) is 0.810. The topological polar surface area (TPSA) is 64.6 Å². The van der Waals surface area contributed by atoms with Gasteiger partial charge in [0.1, 0.15) is 0 Å². The summed E-state index contributed by atoms with van der Waals surface area (Å²) in [6.45, 7) is 1.65. The molecular formula is C11H16ClNO4S. The number of benzene rings is 1. The van der Waals surface area contributed by atoms with Crippen molar-refractivity contribution in [1.82, 2.24) is 4.72 Å². The van der Waals surface area contributed by atoms with Crippen LogP contribution in [0.25, 0.3) is 0 Å². The minimum absolute atomic E-state index is 0.104. The third kappa shape index (κ3) is 3.93. The van der Waals surface area contributed by atoms with Crippen molar-refractivity contribution in [2.24, 2.45) is 0 Å². The van der Waals surface area contributed by atoms with Crippen molar-refractivity contribution < 1.29 is 17.9 Å². The Kier molecular flexibility index (Phi) is 5.55. The summed E-state index contributed by atoms with van der Waals surface area (Å²) in [6, 6.07) is 5.51. The summed E-state index contributed by atoms with van der Waals surface area (Å²) in [6.07, 6.45) is -0.654. The summed E-state index contributed by atoms with van der Waals surface area (Å²) in [5.74, 6) is 0. The van der Waals surface area contributed by atoms with Gasteiger partial charge in [-0.1, -0.05) is 17.7 Å². The number of sulfonamides is 1. The van der Waals surface area contributed by atoms with E-state index in [0.717, 1.165) is 0 Å². The summed E-state index contributed by atoms with van der Waals surface area (Å²) in [7, 11) is -0.756. The lowest BCUT2D eigenvalue weighted by molar-refractivity contribution is -0.115. The van der Waals surface area contributed by atoms with Crippen molar-refractivity contribution in [3.05, 3.63) is 29.3 Å². The molecule has 1 rings (SSSR count). The van der Waals surface area contributed by atoms with Gasteiger partial charge in [0.2, 0.25) is 10.0 Å². The predicted octanol–water partition coefficient (Wildman–Crippen LogP) is 1.63. The van der Waals surface area contributed by atoms with E-state index in [-0.39, 0.29) is 4.90 Å². The monoisotopic (exact) mass is 293 g/mol. The number of hydrogen-bond donors (Lipinski definition) is 1. The van der Waals surface area contributed by atoms with E-state index in [1.54, 1.807) is 19.1 Å². The Morgan fingerprint density at radius 2 is 1.89 bits per heavy atom. The molecule has 0 spiro atoms. The van der Waals surface area contributed by atoms with E-state index in [1.807, 2.05) is 0 Å². The van der Waals surface area contributed by atoms with Crippen LogP contribution in [0.15, 0.2) is 29.2 Å². The predicted molar refractivity (Wildman–Crippen MR) is 69.0 cm³/mol.